The van der Waals surface area contributed by atoms with Crippen LogP contribution in [0.5, 0.6) is 0 Å². The molecule has 106 valence electrons. The second kappa shape index (κ2) is 5.66. The maximum atomic E-state index is 6.01. The predicted octanol–water partition coefficient (Wildman–Crippen LogP) is 5.42. The lowest BCUT2D eigenvalue weighted by atomic mass is 10.0. The second-order valence-electron chi connectivity index (χ2n) is 4.76. The Hall–Kier alpha value is -1.59. The summed E-state index contributed by atoms with van der Waals surface area (Å²) in [5.74, 6) is 1.05. The fraction of sp³-hybridized carbons (Fsp3) is 0.0625. The van der Waals surface area contributed by atoms with Gasteiger partial charge in [0.1, 0.15) is 0 Å². The predicted molar refractivity (Wildman–Crippen MR) is 91.9 cm³/mol. The highest BCUT2D eigenvalue weighted by molar-refractivity contribution is 9.11. The molecule has 0 amide bonds. The average Bonchev–Trinajstić information content (AvgIpc) is 2.84. The smallest absolute Gasteiger partial charge is 0.178 e. The van der Waals surface area contributed by atoms with Crippen LogP contribution in [0.15, 0.2) is 55.9 Å². The van der Waals surface area contributed by atoms with E-state index in [0.717, 1.165) is 25.6 Å². The lowest BCUT2D eigenvalue weighted by molar-refractivity contribution is 0.436. The van der Waals surface area contributed by atoms with E-state index < -0.39 is 0 Å². The zero-order chi connectivity index (χ0) is 15.0. The van der Waals surface area contributed by atoms with Crippen molar-refractivity contribution < 1.29 is 4.52 Å². The molecule has 3 nitrogen and oxygen atoms in total. The number of rotatable bonds is 2. The van der Waals surface area contributed by atoms with Gasteiger partial charge in [-0.05, 0) is 30.7 Å². The first-order chi connectivity index (χ1) is 10.1. The summed E-state index contributed by atoms with van der Waals surface area (Å²) >= 11 is 7.02. The van der Waals surface area contributed by atoms with Crippen LogP contribution in [0.1, 0.15) is 5.56 Å². The van der Waals surface area contributed by atoms with Crippen LogP contribution >= 0.6 is 31.9 Å². The van der Waals surface area contributed by atoms with E-state index in [4.69, 9.17) is 10.3 Å². The standard InChI is InChI=1S/C16H12Br2N2O/c1-9-2-4-10(5-3-9)14-15(21-20-16(14)19)12-8-11(17)6-7-13(12)18/h2-8H,1H3,(H2,19,20). The number of nitrogens with two attached hydrogens (primary N) is 1. The molecule has 0 unspecified atom stereocenters. The highest BCUT2D eigenvalue weighted by Crippen LogP contribution is 2.40. The topological polar surface area (TPSA) is 52.0 Å². The summed E-state index contributed by atoms with van der Waals surface area (Å²) in [5.41, 5.74) is 9.91. The van der Waals surface area contributed by atoms with Crippen LogP contribution in [0, 0.1) is 6.92 Å². The van der Waals surface area contributed by atoms with Crippen molar-refractivity contribution in [3.63, 3.8) is 0 Å². The normalized spacial score (nSPS) is 10.8. The van der Waals surface area contributed by atoms with E-state index in [1.807, 2.05) is 49.4 Å². The molecule has 0 bridgehead atoms. The molecule has 0 atom stereocenters. The van der Waals surface area contributed by atoms with Crippen LogP contribution in [0.25, 0.3) is 22.5 Å². The van der Waals surface area contributed by atoms with Gasteiger partial charge in [-0.2, -0.15) is 0 Å². The van der Waals surface area contributed by atoms with Crippen molar-refractivity contribution in [1.29, 1.82) is 0 Å². The monoisotopic (exact) mass is 406 g/mol. The van der Waals surface area contributed by atoms with Gasteiger partial charge in [0.05, 0.1) is 5.56 Å². The van der Waals surface area contributed by atoms with E-state index in [1.54, 1.807) is 0 Å². The molecule has 0 saturated heterocycles. The quantitative estimate of drug-likeness (QED) is 0.616. The molecule has 5 heteroatoms. The zero-order valence-corrected chi connectivity index (χ0v) is 14.4. The first-order valence-corrected chi connectivity index (χ1v) is 7.92. The number of hydrogen-bond acceptors (Lipinski definition) is 3. The van der Waals surface area contributed by atoms with Gasteiger partial charge >= 0.3 is 0 Å². The number of nitrogens with zero attached hydrogens (tertiary/aromatic N) is 1. The van der Waals surface area contributed by atoms with E-state index in [9.17, 15) is 0 Å². The summed E-state index contributed by atoms with van der Waals surface area (Å²) in [7, 11) is 0. The first kappa shape index (κ1) is 14.4. The minimum absolute atomic E-state index is 0.390. The van der Waals surface area contributed by atoms with Crippen LogP contribution in [-0.2, 0) is 0 Å². The Bertz CT molecular complexity index is 795. The van der Waals surface area contributed by atoms with Crippen molar-refractivity contribution in [2.24, 2.45) is 0 Å². The van der Waals surface area contributed by atoms with Gasteiger partial charge in [0.2, 0.25) is 0 Å². The van der Waals surface area contributed by atoms with Gasteiger partial charge in [0.15, 0.2) is 11.6 Å². The molecule has 0 aliphatic carbocycles. The number of benzene rings is 2. The summed E-state index contributed by atoms with van der Waals surface area (Å²) in [5, 5.41) is 3.93. The molecule has 3 rings (SSSR count). The van der Waals surface area contributed by atoms with E-state index in [2.05, 4.69) is 37.0 Å². The van der Waals surface area contributed by atoms with E-state index in [0.29, 0.717) is 11.6 Å². The van der Waals surface area contributed by atoms with Gasteiger partial charge in [-0.3, -0.25) is 0 Å². The second-order valence-corrected chi connectivity index (χ2v) is 6.53. The first-order valence-electron chi connectivity index (χ1n) is 6.34. The molecule has 0 aliphatic rings. The van der Waals surface area contributed by atoms with E-state index in [-0.39, 0.29) is 0 Å². The van der Waals surface area contributed by atoms with Crippen molar-refractivity contribution in [2.75, 3.05) is 5.73 Å². The van der Waals surface area contributed by atoms with Crippen LogP contribution < -0.4 is 5.73 Å². The molecule has 2 aromatic carbocycles. The van der Waals surface area contributed by atoms with Crippen molar-refractivity contribution >= 4 is 37.7 Å². The fourth-order valence-electron chi connectivity index (χ4n) is 2.16. The summed E-state index contributed by atoms with van der Waals surface area (Å²) in [6.07, 6.45) is 0. The molecule has 0 radical (unpaired) electrons. The Morgan fingerprint density at radius 1 is 1.05 bits per heavy atom. The van der Waals surface area contributed by atoms with Crippen molar-refractivity contribution in [1.82, 2.24) is 5.16 Å². The molecule has 21 heavy (non-hydrogen) atoms. The molecule has 0 fully saturated rings. The van der Waals surface area contributed by atoms with Crippen molar-refractivity contribution in [3.05, 3.63) is 57.0 Å². The SMILES string of the molecule is Cc1ccc(-c2c(N)noc2-c2cc(Br)ccc2Br)cc1. The lowest BCUT2D eigenvalue weighted by Crippen LogP contribution is -1.89. The Morgan fingerprint density at radius 3 is 2.48 bits per heavy atom. The van der Waals surface area contributed by atoms with Gasteiger partial charge in [-0.25, -0.2) is 0 Å². The lowest BCUT2D eigenvalue weighted by Gasteiger charge is -2.06. The zero-order valence-electron chi connectivity index (χ0n) is 11.2. The number of hydrogen-bond donors (Lipinski definition) is 1. The third-order valence-corrected chi connectivity index (χ3v) is 4.42. The minimum Gasteiger partial charge on any atom is -0.380 e. The van der Waals surface area contributed by atoms with Crippen molar-refractivity contribution in [3.8, 4) is 22.5 Å². The molecule has 2 N–H and O–H groups in total. The Labute approximate surface area is 139 Å². The van der Waals surface area contributed by atoms with Gasteiger partial charge < -0.3 is 10.3 Å². The molecule has 0 spiro atoms. The van der Waals surface area contributed by atoms with Crippen LogP contribution in [0.2, 0.25) is 0 Å². The molecule has 1 heterocycles. The number of nitrogen functional groups attached to an aromatic ring is 1. The Kier molecular flexibility index (Phi) is 3.87. The van der Waals surface area contributed by atoms with E-state index in [1.165, 1.54) is 5.56 Å². The third-order valence-electron chi connectivity index (χ3n) is 3.23. The van der Waals surface area contributed by atoms with Crippen molar-refractivity contribution in [2.45, 2.75) is 6.92 Å². The van der Waals surface area contributed by atoms with E-state index >= 15 is 0 Å². The number of halogens is 2. The van der Waals surface area contributed by atoms with Gasteiger partial charge in [-0.1, -0.05) is 66.8 Å². The molecular weight excluding hydrogens is 396 g/mol. The Balaban J connectivity index is 2.21. The number of aryl methyl sites for hydroxylation is 1. The molecule has 3 aromatic rings. The average molecular weight is 408 g/mol. The van der Waals surface area contributed by atoms with Crippen LogP contribution in [-0.4, -0.2) is 5.16 Å². The third kappa shape index (κ3) is 2.76. The Morgan fingerprint density at radius 2 is 1.76 bits per heavy atom. The molecular formula is C16H12Br2N2O. The largest absolute Gasteiger partial charge is 0.380 e. The minimum atomic E-state index is 0.390. The van der Waals surface area contributed by atoms with Gasteiger partial charge in [-0.15, -0.1) is 0 Å². The highest BCUT2D eigenvalue weighted by atomic mass is 79.9. The van der Waals surface area contributed by atoms with Crippen LogP contribution in [0.4, 0.5) is 5.82 Å². The number of aromatic nitrogens is 1. The summed E-state index contributed by atoms with van der Waals surface area (Å²) in [6, 6.07) is 14.0. The maximum absolute atomic E-state index is 6.01. The van der Waals surface area contributed by atoms with Crippen LogP contribution in [0.3, 0.4) is 0 Å². The van der Waals surface area contributed by atoms with Gasteiger partial charge in [0, 0.05) is 14.5 Å². The maximum Gasteiger partial charge on any atom is 0.178 e. The molecule has 0 aliphatic heterocycles. The highest BCUT2D eigenvalue weighted by Gasteiger charge is 2.19. The fourth-order valence-corrected chi connectivity index (χ4v) is 2.94. The molecule has 0 saturated carbocycles. The summed E-state index contributed by atoms with van der Waals surface area (Å²) in [4.78, 5) is 0. The summed E-state index contributed by atoms with van der Waals surface area (Å²) in [6.45, 7) is 2.05. The number of anilines is 1. The van der Waals surface area contributed by atoms with Gasteiger partial charge in [0.25, 0.3) is 0 Å². The molecule has 1 aromatic heterocycles. The summed E-state index contributed by atoms with van der Waals surface area (Å²) < 4.78 is 7.37.